The number of halogens is 1. The first-order valence-corrected chi connectivity index (χ1v) is 14.6. The second kappa shape index (κ2) is 10.7. The van der Waals surface area contributed by atoms with Gasteiger partial charge < -0.3 is 15.5 Å². The van der Waals surface area contributed by atoms with Gasteiger partial charge in [0.05, 0.1) is 18.4 Å². The summed E-state index contributed by atoms with van der Waals surface area (Å²) in [5.41, 5.74) is -0.0412. The van der Waals surface area contributed by atoms with Crippen LogP contribution >= 0.6 is 11.3 Å². The highest BCUT2D eigenvalue weighted by atomic mass is 32.1. The van der Waals surface area contributed by atoms with E-state index in [1.807, 2.05) is 6.92 Å². The molecular formula is C29H38FN3O4S. The van der Waals surface area contributed by atoms with Gasteiger partial charge in [0.15, 0.2) is 5.13 Å². The lowest BCUT2D eigenvalue weighted by atomic mass is 9.47. The molecule has 7 nitrogen and oxygen atoms in total. The molecule has 4 N–H and O–H groups in total. The highest BCUT2D eigenvalue weighted by Crippen LogP contribution is 2.62. The molecule has 5 atom stereocenters. The van der Waals surface area contributed by atoms with Gasteiger partial charge in [0, 0.05) is 34.2 Å². The number of nitrogens with one attached hydrogen (secondary N) is 2. The number of benzene rings is 1. The summed E-state index contributed by atoms with van der Waals surface area (Å²) < 4.78 is 13.7. The lowest BCUT2D eigenvalue weighted by Gasteiger charge is -2.58. The van der Waals surface area contributed by atoms with Crippen molar-refractivity contribution in [2.75, 3.05) is 11.9 Å². The average molecular weight is 544 g/mol. The number of nitrogens with zero attached hydrogens (tertiary/aromatic N) is 1. The van der Waals surface area contributed by atoms with E-state index in [2.05, 4.69) is 17.6 Å². The highest BCUT2D eigenvalue weighted by Gasteiger charge is 2.59. The van der Waals surface area contributed by atoms with E-state index in [0.29, 0.717) is 18.0 Å². The monoisotopic (exact) mass is 543 g/mol. The number of aliphatic hydroxyl groups is 2. The Morgan fingerprint density at radius 2 is 1.95 bits per heavy atom. The molecule has 1 aromatic heterocycles. The van der Waals surface area contributed by atoms with E-state index in [0.717, 1.165) is 42.7 Å². The second-order valence-corrected chi connectivity index (χ2v) is 13.0. The Bertz CT molecular complexity index is 1200. The first-order chi connectivity index (χ1) is 18.1. The number of thiazole rings is 1. The van der Waals surface area contributed by atoms with Crippen molar-refractivity contribution in [2.45, 2.75) is 89.7 Å². The van der Waals surface area contributed by atoms with E-state index in [-0.39, 0.29) is 47.8 Å². The number of aliphatic hydroxyl groups excluding tert-OH is 2. The lowest BCUT2D eigenvalue weighted by molar-refractivity contribution is -0.144. The molecule has 5 unspecified atom stereocenters. The zero-order chi connectivity index (χ0) is 27.1. The van der Waals surface area contributed by atoms with Crippen molar-refractivity contribution in [3.8, 4) is 0 Å². The van der Waals surface area contributed by atoms with Crippen LogP contribution < -0.4 is 10.6 Å². The van der Waals surface area contributed by atoms with E-state index in [1.54, 1.807) is 6.07 Å². The van der Waals surface area contributed by atoms with Gasteiger partial charge in [0.25, 0.3) is 5.91 Å². The van der Waals surface area contributed by atoms with Crippen LogP contribution in [0.2, 0.25) is 0 Å². The van der Waals surface area contributed by atoms with Crippen LogP contribution in [0, 0.1) is 22.6 Å². The molecule has 1 heterocycles. The van der Waals surface area contributed by atoms with E-state index >= 15 is 0 Å². The summed E-state index contributed by atoms with van der Waals surface area (Å²) in [6.45, 7) is 3.97. The van der Waals surface area contributed by atoms with Crippen LogP contribution in [0.5, 0.6) is 0 Å². The van der Waals surface area contributed by atoms with E-state index in [1.165, 1.54) is 36.0 Å². The molecule has 2 fully saturated rings. The van der Waals surface area contributed by atoms with Crippen LogP contribution in [-0.4, -0.2) is 45.8 Å². The number of carbonyl (C=O) groups is 2. The van der Waals surface area contributed by atoms with Crippen LogP contribution in [-0.2, 0) is 11.2 Å². The topological polar surface area (TPSA) is 112 Å². The Morgan fingerprint density at radius 3 is 2.66 bits per heavy atom. The molecule has 0 spiro atoms. The van der Waals surface area contributed by atoms with Gasteiger partial charge in [-0.3, -0.25) is 14.9 Å². The fourth-order valence-electron chi connectivity index (χ4n) is 7.22. The van der Waals surface area contributed by atoms with Crippen molar-refractivity contribution in [3.05, 3.63) is 46.2 Å². The Balaban J connectivity index is 1.46. The van der Waals surface area contributed by atoms with Gasteiger partial charge in [0.2, 0.25) is 5.91 Å². The van der Waals surface area contributed by atoms with Gasteiger partial charge in [0.1, 0.15) is 5.82 Å². The number of rotatable bonds is 6. The van der Waals surface area contributed by atoms with Crippen LogP contribution in [0.4, 0.5) is 9.52 Å². The SMILES string of the molecule is CC1(CO)C(O)CCC2(C)C(CC(=O)NC3CCCCC3)c3nc(NC(=O)c4cccc(F)c4)sc3CC12. The summed E-state index contributed by atoms with van der Waals surface area (Å²) in [5.74, 6) is -1.20. The maximum absolute atomic E-state index is 13.7. The summed E-state index contributed by atoms with van der Waals surface area (Å²) in [7, 11) is 0. The molecule has 5 rings (SSSR count). The molecule has 3 aliphatic rings. The molecular weight excluding hydrogens is 505 g/mol. The Kier molecular flexibility index (Phi) is 7.64. The number of fused-ring (bicyclic) bond motifs is 2. The van der Waals surface area contributed by atoms with Crippen molar-refractivity contribution in [1.82, 2.24) is 10.3 Å². The van der Waals surface area contributed by atoms with Gasteiger partial charge in [-0.25, -0.2) is 9.37 Å². The van der Waals surface area contributed by atoms with Crippen LogP contribution in [0.25, 0.3) is 0 Å². The third-order valence-electron chi connectivity index (χ3n) is 9.56. The number of carbonyl (C=O) groups excluding carboxylic acids is 2. The van der Waals surface area contributed by atoms with Crippen LogP contribution in [0.1, 0.15) is 92.1 Å². The number of aromatic nitrogens is 1. The molecule has 9 heteroatoms. The average Bonchev–Trinajstić information content (AvgIpc) is 3.30. The summed E-state index contributed by atoms with van der Waals surface area (Å²) in [6, 6.07) is 5.72. The second-order valence-electron chi connectivity index (χ2n) is 11.9. The molecule has 3 aliphatic carbocycles. The van der Waals surface area contributed by atoms with Gasteiger partial charge >= 0.3 is 0 Å². The quantitative estimate of drug-likeness (QED) is 0.419. The minimum Gasteiger partial charge on any atom is -0.396 e. The molecule has 0 radical (unpaired) electrons. The number of hydrogen-bond acceptors (Lipinski definition) is 6. The van der Waals surface area contributed by atoms with Crippen molar-refractivity contribution in [1.29, 1.82) is 0 Å². The van der Waals surface area contributed by atoms with Crippen LogP contribution in [0.15, 0.2) is 24.3 Å². The molecule has 0 aliphatic heterocycles. The van der Waals surface area contributed by atoms with Gasteiger partial charge in [-0.2, -0.15) is 0 Å². The molecule has 0 bridgehead atoms. The van der Waals surface area contributed by atoms with Crippen molar-refractivity contribution in [3.63, 3.8) is 0 Å². The first-order valence-electron chi connectivity index (χ1n) is 13.8. The molecule has 38 heavy (non-hydrogen) atoms. The minimum absolute atomic E-state index is 0.00453. The van der Waals surface area contributed by atoms with Crippen molar-refractivity contribution in [2.24, 2.45) is 16.7 Å². The zero-order valence-electron chi connectivity index (χ0n) is 22.1. The molecule has 2 aromatic rings. The number of amides is 2. The first kappa shape index (κ1) is 27.2. The summed E-state index contributed by atoms with van der Waals surface area (Å²) in [4.78, 5) is 32.0. The molecule has 1 aromatic carbocycles. The normalized spacial score (nSPS) is 31.2. The summed E-state index contributed by atoms with van der Waals surface area (Å²) >= 11 is 1.36. The maximum atomic E-state index is 13.7. The van der Waals surface area contributed by atoms with Crippen molar-refractivity contribution >= 4 is 28.3 Å². The van der Waals surface area contributed by atoms with E-state index in [4.69, 9.17) is 4.98 Å². The number of anilines is 1. The highest BCUT2D eigenvalue weighted by molar-refractivity contribution is 7.15. The fraction of sp³-hybridized carbons (Fsp3) is 0.621. The predicted octanol–water partition coefficient (Wildman–Crippen LogP) is 4.79. The standard InChI is InChI=1S/C29H38FN3O4S/c1-28-12-11-23(35)29(2,16-34)22(28)15-21-25(20(28)14-24(36)31-19-9-4-3-5-10-19)32-27(38-21)33-26(37)17-7-6-8-18(30)13-17/h6-8,13,19-20,22-23,34-35H,3-5,9-12,14-16H2,1-2H3,(H,31,36)(H,32,33,37). The van der Waals surface area contributed by atoms with Gasteiger partial charge in [-0.05, 0) is 61.6 Å². The van der Waals surface area contributed by atoms with E-state index in [9.17, 15) is 24.2 Å². The van der Waals surface area contributed by atoms with Crippen molar-refractivity contribution < 1.29 is 24.2 Å². The van der Waals surface area contributed by atoms with Gasteiger partial charge in [-0.15, -0.1) is 11.3 Å². The lowest BCUT2D eigenvalue weighted by Crippen LogP contribution is -2.57. The fourth-order valence-corrected chi connectivity index (χ4v) is 8.28. The maximum Gasteiger partial charge on any atom is 0.257 e. The van der Waals surface area contributed by atoms with Crippen LogP contribution in [0.3, 0.4) is 0 Å². The largest absolute Gasteiger partial charge is 0.396 e. The Labute approximate surface area is 227 Å². The predicted molar refractivity (Wildman–Crippen MR) is 145 cm³/mol. The summed E-state index contributed by atoms with van der Waals surface area (Å²) in [6.07, 6.45) is 6.99. The Hall–Kier alpha value is -2.36. The third kappa shape index (κ3) is 5.00. The molecule has 0 saturated heterocycles. The Morgan fingerprint density at radius 1 is 1.18 bits per heavy atom. The van der Waals surface area contributed by atoms with E-state index < -0.39 is 23.2 Å². The zero-order valence-corrected chi connectivity index (χ0v) is 23.0. The minimum atomic E-state index is -0.711. The molecule has 2 saturated carbocycles. The summed E-state index contributed by atoms with van der Waals surface area (Å²) in [5, 5.41) is 27.9. The van der Waals surface area contributed by atoms with Gasteiger partial charge in [-0.1, -0.05) is 39.2 Å². The molecule has 206 valence electrons. The smallest absolute Gasteiger partial charge is 0.257 e. The number of hydrogen-bond donors (Lipinski definition) is 4. The molecule has 2 amide bonds. The third-order valence-corrected chi connectivity index (χ3v) is 10.6.